The smallest absolute Gasteiger partial charge is 0.255 e. The number of ether oxygens (including phenoxy) is 1. The summed E-state index contributed by atoms with van der Waals surface area (Å²) in [5, 5.41) is 3.99. The van der Waals surface area contributed by atoms with Crippen LogP contribution in [0.15, 0.2) is 65.5 Å². The van der Waals surface area contributed by atoms with Gasteiger partial charge in [0.1, 0.15) is 11.6 Å². The highest BCUT2D eigenvalue weighted by molar-refractivity contribution is 6.35. The van der Waals surface area contributed by atoms with Crippen LogP contribution >= 0.6 is 11.6 Å². The molecule has 10 heteroatoms. The molecule has 9 nitrogen and oxygen atoms in total. The molecule has 4 aromatic rings. The Bertz CT molecular complexity index is 1480. The van der Waals surface area contributed by atoms with Crippen molar-refractivity contribution in [2.24, 2.45) is 0 Å². The zero-order valence-electron chi connectivity index (χ0n) is 19.8. The number of nitrogens with zero attached hydrogens (tertiary/aromatic N) is 3. The third-order valence-electron chi connectivity index (χ3n) is 5.91. The molecule has 1 aliphatic rings. The van der Waals surface area contributed by atoms with Crippen molar-refractivity contribution in [3.05, 3.63) is 83.0 Å². The topological polar surface area (TPSA) is 124 Å². The summed E-state index contributed by atoms with van der Waals surface area (Å²) in [6.45, 7) is 2.37. The van der Waals surface area contributed by atoms with E-state index in [1.54, 1.807) is 47.8 Å². The Morgan fingerprint density at radius 1 is 1.08 bits per heavy atom. The van der Waals surface area contributed by atoms with Gasteiger partial charge in [-0.15, -0.1) is 0 Å². The van der Waals surface area contributed by atoms with Gasteiger partial charge in [-0.25, -0.2) is 4.98 Å². The number of carbonyl (C=O) groups excluding carboxylic acids is 2. The van der Waals surface area contributed by atoms with Crippen molar-refractivity contribution in [2.45, 2.75) is 6.54 Å². The van der Waals surface area contributed by atoms with Crippen molar-refractivity contribution in [1.29, 1.82) is 0 Å². The number of nitrogens with two attached hydrogens (primary N) is 1. The lowest BCUT2D eigenvalue weighted by atomic mass is 10.0. The van der Waals surface area contributed by atoms with Gasteiger partial charge in [-0.05, 0) is 53.6 Å². The van der Waals surface area contributed by atoms with Crippen LogP contribution in [-0.4, -0.2) is 53.0 Å². The molecular weight excluding hydrogens is 494 g/mol. The molecule has 0 spiro atoms. The minimum absolute atomic E-state index is 0.0760. The maximum atomic E-state index is 12.9. The van der Waals surface area contributed by atoms with Crippen molar-refractivity contribution in [3.63, 3.8) is 0 Å². The first-order chi connectivity index (χ1) is 18.0. The van der Waals surface area contributed by atoms with E-state index in [2.05, 4.69) is 15.3 Å². The molecule has 4 heterocycles. The van der Waals surface area contributed by atoms with Crippen molar-refractivity contribution in [1.82, 2.24) is 20.2 Å². The molecule has 3 aromatic heterocycles. The normalized spacial score (nSPS) is 13.8. The van der Waals surface area contributed by atoms with Crippen LogP contribution < -0.4 is 11.1 Å². The number of furan rings is 1. The Morgan fingerprint density at radius 3 is 2.70 bits per heavy atom. The minimum Gasteiger partial charge on any atom is -0.458 e. The number of anilines is 1. The number of morpholine rings is 1. The maximum absolute atomic E-state index is 12.9. The second kappa shape index (κ2) is 10.8. The summed E-state index contributed by atoms with van der Waals surface area (Å²) in [6, 6.07) is 10.8. The summed E-state index contributed by atoms with van der Waals surface area (Å²) >= 11 is 6.52. The molecule has 37 heavy (non-hydrogen) atoms. The monoisotopic (exact) mass is 517 g/mol. The molecule has 0 aliphatic carbocycles. The third kappa shape index (κ3) is 5.79. The summed E-state index contributed by atoms with van der Waals surface area (Å²) < 4.78 is 11.2. The second-order valence-electron chi connectivity index (χ2n) is 8.52. The van der Waals surface area contributed by atoms with E-state index >= 15 is 0 Å². The first-order valence-corrected chi connectivity index (χ1v) is 12.1. The molecule has 1 fully saturated rings. The fourth-order valence-corrected chi connectivity index (χ4v) is 4.27. The van der Waals surface area contributed by atoms with Gasteiger partial charge in [0.2, 0.25) is 5.91 Å². The van der Waals surface area contributed by atoms with Crippen LogP contribution in [0.5, 0.6) is 0 Å². The molecule has 0 radical (unpaired) electrons. The number of carbonyl (C=O) groups is 2. The molecule has 2 amide bonds. The van der Waals surface area contributed by atoms with Crippen molar-refractivity contribution >= 4 is 46.3 Å². The fraction of sp³-hybridized carbons (Fsp3) is 0.185. The predicted molar refractivity (Wildman–Crippen MR) is 141 cm³/mol. The zero-order valence-corrected chi connectivity index (χ0v) is 20.6. The molecule has 3 N–H and O–H groups in total. The number of aromatic nitrogens is 2. The van der Waals surface area contributed by atoms with E-state index in [-0.39, 0.29) is 18.4 Å². The fourth-order valence-electron chi connectivity index (χ4n) is 4.00. The number of hydrogen-bond acceptors (Lipinski definition) is 7. The summed E-state index contributed by atoms with van der Waals surface area (Å²) in [7, 11) is 0. The van der Waals surface area contributed by atoms with Crippen LogP contribution in [0.25, 0.3) is 28.2 Å². The van der Waals surface area contributed by atoms with E-state index < -0.39 is 0 Å². The van der Waals surface area contributed by atoms with Gasteiger partial charge in [0.15, 0.2) is 5.58 Å². The van der Waals surface area contributed by atoms with E-state index in [9.17, 15) is 9.59 Å². The lowest BCUT2D eigenvalue weighted by Gasteiger charge is -2.26. The van der Waals surface area contributed by atoms with Crippen LogP contribution in [0.4, 0.5) is 5.82 Å². The van der Waals surface area contributed by atoms with Crippen LogP contribution in [0.3, 0.4) is 0 Å². The Hall–Kier alpha value is -4.21. The molecular formula is C27H24ClN5O4. The van der Waals surface area contributed by atoms with Gasteiger partial charge < -0.3 is 25.1 Å². The number of rotatable bonds is 6. The average Bonchev–Trinajstić information content (AvgIpc) is 3.35. The highest BCUT2D eigenvalue weighted by atomic mass is 35.5. The van der Waals surface area contributed by atoms with Crippen LogP contribution in [-0.2, 0) is 16.1 Å². The Balaban J connectivity index is 1.29. The SMILES string of the molecule is Nc1ccc(/C=C/C(=O)NCc2cc3cc(-c4cncc(C(=O)N5CCOCC5)c4)cc(Cl)c3o2)cn1. The third-order valence-corrected chi connectivity index (χ3v) is 6.19. The van der Waals surface area contributed by atoms with Crippen LogP contribution in [0, 0.1) is 0 Å². The van der Waals surface area contributed by atoms with E-state index in [0.717, 1.165) is 22.1 Å². The lowest BCUT2D eigenvalue weighted by Crippen LogP contribution is -2.40. The van der Waals surface area contributed by atoms with E-state index in [0.29, 0.717) is 54.1 Å². The van der Waals surface area contributed by atoms with Gasteiger partial charge in [-0.2, -0.15) is 0 Å². The highest BCUT2D eigenvalue weighted by Crippen LogP contribution is 2.33. The number of pyridine rings is 2. The van der Waals surface area contributed by atoms with Gasteiger partial charge in [-0.3, -0.25) is 14.6 Å². The Labute approximate surface area is 217 Å². The summed E-state index contributed by atoms with van der Waals surface area (Å²) in [5.74, 6) is 0.614. The summed E-state index contributed by atoms with van der Waals surface area (Å²) in [4.78, 5) is 35.1. The standard InChI is InChI=1S/C27H24ClN5O4/c28-23-12-18(20-10-21(15-30-14-20)27(35)33-5-7-36-8-6-33)9-19-11-22(37-26(19)23)16-32-25(34)4-2-17-1-3-24(29)31-13-17/h1-4,9-15H,5-8,16H2,(H2,29,31)(H,32,34)/b4-2+. The number of amides is 2. The Morgan fingerprint density at radius 2 is 1.92 bits per heavy atom. The van der Waals surface area contributed by atoms with E-state index in [1.165, 1.54) is 6.08 Å². The molecule has 188 valence electrons. The van der Waals surface area contributed by atoms with E-state index in [4.69, 9.17) is 26.5 Å². The molecule has 0 bridgehead atoms. The largest absolute Gasteiger partial charge is 0.458 e. The Kier molecular flexibility index (Phi) is 7.16. The summed E-state index contributed by atoms with van der Waals surface area (Å²) in [6.07, 6.45) is 7.91. The molecule has 5 rings (SSSR count). The van der Waals surface area contributed by atoms with Crippen molar-refractivity contribution in [3.8, 4) is 11.1 Å². The summed E-state index contributed by atoms with van der Waals surface area (Å²) in [5.41, 5.74) is 8.93. The first-order valence-electron chi connectivity index (χ1n) is 11.7. The number of hydrogen-bond donors (Lipinski definition) is 2. The zero-order chi connectivity index (χ0) is 25.8. The molecule has 1 saturated heterocycles. The molecule has 1 aliphatic heterocycles. The maximum Gasteiger partial charge on any atom is 0.255 e. The number of benzene rings is 1. The van der Waals surface area contributed by atoms with Crippen molar-refractivity contribution in [2.75, 3.05) is 32.0 Å². The quantitative estimate of drug-likeness (QED) is 0.371. The minimum atomic E-state index is -0.281. The van der Waals surface area contributed by atoms with Gasteiger partial charge in [0.05, 0.1) is 30.3 Å². The first kappa shape index (κ1) is 24.5. The highest BCUT2D eigenvalue weighted by Gasteiger charge is 2.19. The molecule has 0 saturated carbocycles. The van der Waals surface area contributed by atoms with Crippen LogP contribution in [0.2, 0.25) is 5.02 Å². The number of halogens is 1. The molecule has 0 unspecified atom stereocenters. The lowest BCUT2D eigenvalue weighted by molar-refractivity contribution is -0.116. The molecule has 0 atom stereocenters. The van der Waals surface area contributed by atoms with Gasteiger partial charge in [0.25, 0.3) is 5.91 Å². The van der Waals surface area contributed by atoms with Crippen molar-refractivity contribution < 1.29 is 18.7 Å². The van der Waals surface area contributed by atoms with Gasteiger partial charge in [-0.1, -0.05) is 11.6 Å². The van der Waals surface area contributed by atoms with E-state index in [1.807, 2.05) is 18.2 Å². The average molecular weight is 518 g/mol. The van der Waals surface area contributed by atoms with Gasteiger partial charge in [0, 0.05) is 48.7 Å². The van der Waals surface area contributed by atoms with Gasteiger partial charge >= 0.3 is 0 Å². The number of nitrogen functional groups attached to an aromatic ring is 1. The molecule has 1 aromatic carbocycles. The second-order valence-corrected chi connectivity index (χ2v) is 8.93. The van der Waals surface area contributed by atoms with Crippen LogP contribution in [0.1, 0.15) is 21.7 Å². The number of nitrogens with one attached hydrogen (secondary N) is 1. The number of fused-ring (bicyclic) bond motifs is 1. The predicted octanol–water partition coefficient (Wildman–Crippen LogP) is 3.93.